The molecule has 1 aromatic carbocycles. The number of carbonyl (C=O) groups excluding carboxylic acids is 1. The Kier molecular flexibility index (Phi) is 6.64. The zero-order chi connectivity index (χ0) is 16.8. The second-order valence-electron chi connectivity index (χ2n) is 7.43. The number of benzene rings is 1. The van der Waals surface area contributed by atoms with Crippen LogP contribution in [0.1, 0.15) is 52.5 Å². The maximum absolute atomic E-state index is 12.5. The van der Waals surface area contributed by atoms with E-state index in [0.717, 1.165) is 13.0 Å². The lowest BCUT2D eigenvalue weighted by molar-refractivity contribution is -0.124. The Bertz CT molecular complexity index is 486. The van der Waals surface area contributed by atoms with E-state index in [1.165, 1.54) is 18.4 Å². The molecule has 1 N–H and O–H groups in total. The van der Waals surface area contributed by atoms with Gasteiger partial charge in [-0.05, 0) is 37.7 Å². The van der Waals surface area contributed by atoms with Crippen molar-refractivity contribution in [3.8, 4) is 0 Å². The van der Waals surface area contributed by atoms with Crippen LogP contribution in [0, 0.1) is 11.8 Å². The fraction of sp³-hybridized carbons (Fsp3) is 0.650. The maximum Gasteiger partial charge on any atom is 0.234 e. The molecule has 0 heterocycles. The summed E-state index contributed by atoms with van der Waals surface area (Å²) in [5.74, 6) is 1.45. The molecule has 1 aromatic rings. The Balaban J connectivity index is 1.90. The number of rotatable bonds is 6. The molecule has 3 heteroatoms. The average Bonchev–Trinajstić information content (AvgIpc) is 2.52. The van der Waals surface area contributed by atoms with E-state index in [4.69, 9.17) is 0 Å². The minimum Gasteiger partial charge on any atom is -0.352 e. The predicted octanol–water partition coefficient (Wildman–Crippen LogP) is 3.84. The van der Waals surface area contributed by atoms with E-state index in [0.29, 0.717) is 30.5 Å². The van der Waals surface area contributed by atoms with Crippen LogP contribution in [0.3, 0.4) is 0 Å². The Morgan fingerprint density at radius 2 is 1.91 bits per heavy atom. The molecule has 1 fully saturated rings. The molecule has 0 spiro atoms. The zero-order valence-electron chi connectivity index (χ0n) is 15.1. The summed E-state index contributed by atoms with van der Waals surface area (Å²) in [7, 11) is 0. The van der Waals surface area contributed by atoms with Gasteiger partial charge in [-0.1, -0.05) is 57.0 Å². The first-order valence-electron chi connectivity index (χ1n) is 9.04. The summed E-state index contributed by atoms with van der Waals surface area (Å²) < 4.78 is 0. The molecule has 3 unspecified atom stereocenters. The maximum atomic E-state index is 12.5. The Morgan fingerprint density at radius 3 is 2.57 bits per heavy atom. The third kappa shape index (κ3) is 5.35. The van der Waals surface area contributed by atoms with Crippen molar-refractivity contribution < 1.29 is 4.79 Å². The number of amides is 1. The Hall–Kier alpha value is -1.35. The topological polar surface area (TPSA) is 32.3 Å². The van der Waals surface area contributed by atoms with Gasteiger partial charge in [0.15, 0.2) is 0 Å². The van der Waals surface area contributed by atoms with Gasteiger partial charge in [0.1, 0.15) is 0 Å². The molecular weight excluding hydrogens is 284 g/mol. The zero-order valence-corrected chi connectivity index (χ0v) is 15.1. The smallest absolute Gasteiger partial charge is 0.234 e. The van der Waals surface area contributed by atoms with Gasteiger partial charge in [0.05, 0.1) is 6.54 Å². The van der Waals surface area contributed by atoms with Gasteiger partial charge < -0.3 is 5.32 Å². The van der Waals surface area contributed by atoms with Crippen molar-refractivity contribution in [3.05, 3.63) is 35.9 Å². The lowest BCUT2D eigenvalue weighted by Crippen LogP contribution is -2.48. The van der Waals surface area contributed by atoms with E-state index >= 15 is 0 Å². The molecule has 1 aliphatic rings. The Morgan fingerprint density at radius 1 is 1.22 bits per heavy atom. The van der Waals surface area contributed by atoms with Gasteiger partial charge in [-0.25, -0.2) is 0 Å². The normalized spacial score (nSPS) is 24.9. The largest absolute Gasteiger partial charge is 0.352 e. The number of hydrogen-bond acceptors (Lipinski definition) is 2. The summed E-state index contributed by atoms with van der Waals surface area (Å²) in [4.78, 5) is 14.8. The first kappa shape index (κ1) is 18.0. The number of nitrogens with one attached hydrogen (secondary N) is 1. The highest BCUT2D eigenvalue weighted by Crippen LogP contribution is 2.29. The third-order valence-corrected chi connectivity index (χ3v) is 5.36. The first-order chi connectivity index (χ1) is 11.0. The quantitative estimate of drug-likeness (QED) is 0.865. The first-order valence-corrected chi connectivity index (χ1v) is 9.04. The lowest BCUT2D eigenvalue weighted by Gasteiger charge is -2.35. The van der Waals surface area contributed by atoms with Gasteiger partial charge in [0.2, 0.25) is 5.91 Å². The number of nitrogens with zero attached hydrogens (tertiary/aromatic N) is 1. The van der Waals surface area contributed by atoms with Crippen LogP contribution in [0.15, 0.2) is 30.3 Å². The summed E-state index contributed by atoms with van der Waals surface area (Å²) in [6.07, 6.45) is 3.64. The lowest BCUT2D eigenvalue weighted by atomic mass is 9.78. The minimum absolute atomic E-state index is 0.167. The molecule has 0 saturated heterocycles. The summed E-state index contributed by atoms with van der Waals surface area (Å²) in [6, 6.07) is 11.1. The molecule has 1 amide bonds. The molecule has 0 radical (unpaired) electrons. The molecule has 0 aromatic heterocycles. The summed E-state index contributed by atoms with van der Waals surface area (Å²) in [5, 5.41) is 3.29. The molecule has 1 aliphatic carbocycles. The highest BCUT2D eigenvalue weighted by atomic mass is 16.2. The standard InChI is InChI=1S/C20H32N2O/c1-15(2)22(13-18-10-6-5-7-11-18)14-20(23)21-19-12-8-9-16(3)17(19)4/h5-7,10-11,15-17,19H,8-9,12-14H2,1-4H3,(H,21,23). The van der Waals surface area contributed by atoms with E-state index in [2.05, 4.69) is 62.2 Å². The molecule has 128 valence electrons. The van der Waals surface area contributed by atoms with Crippen molar-refractivity contribution in [3.63, 3.8) is 0 Å². The highest BCUT2D eigenvalue weighted by molar-refractivity contribution is 5.78. The van der Waals surface area contributed by atoms with Crippen molar-refractivity contribution >= 4 is 5.91 Å². The fourth-order valence-corrected chi connectivity index (χ4v) is 3.46. The molecule has 2 rings (SSSR count). The van der Waals surface area contributed by atoms with Crippen LogP contribution in [-0.2, 0) is 11.3 Å². The van der Waals surface area contributed by atoms with Crippen LogP contribution < -0.4 is 5.32 Å². The van der Waals surface area contributed by atoms with Crippen molar-refractivity contribution in [1.82, 2.24) is 10.2 Å². The van der Waals surface area contributed by atoms with E-state index in [1.54, 1.807) is 0 Å². The van der Waals surface area contributed by atoms with Gasteiger partial charge in [0, 0.05) is 18.6 Å². The van der Waals surface area contributed by atoms with E-state index < -0.39 is 0 Å². The van der Waals surface area contributed by atoms with Crippen LogP contribution >= 0.6 is 0 Å². The van der Waals surface area contributed by atoms with E-state index in [-0.39, 0.29) is 5.91 Å². The Labute approximate surface area is 141 Å². The van der Waals surface area contributed by atoms with Gasteiger partial charge in [-0.15, -0.1) is 0 Å². The van der Waals surface area contributed by atoms with Crippen molar-refractivity contribution in [2.45, 2.75) is 65.6 Å². The molecule has 23 heavy (non-hydrogen) atoms. The second-order valence-corrected chi connectivity index (χ2v) is 7.43. The molecule has 0 bridgehead atoms. The average molecular weight is 316 g/mol. The van der Waals surface area contributed by atoms with Crippen LogP contribution in [0.2, 0.25) is 0 Å². The molecular formula is C20H32N2O. The summed E-state index contributed by atoms with van der Waals surface area (Å²) in [6.45, 7) is 10.2. The van der Waals surface area contributed by atoms with Crippen LogP contribution in [0.25, 0.3) is 0 Å². The van der Waals surface area contributed by atoms with Gasteiger partial charge in [-0.3, -0.25) is 9.69 Å². The van der Waals surface area contributed by atoms with Crippen LogP contribution in [0.5, 0.6) is 0 Å². The van der Waals surface area contributed by atoms with Crippen molar-refractivity contribution in [1.29, 1.82) is 0 Å². The third-order valence-electron chi connectivity index (χ3n) is 5.36. The second kappa shape index (κ2) is 8.49. The van der Waals surface area contributed by atoms with Crippen LogP contribution in [0.4, 0.5) is 0 Å². The van der Waals surface area contributed by atoms with Gasteiger partial charge in [0.25, 0.3) is 0 Å². The van der Waals surface area contributed by atoms with E-state index in [1.807, 2.05) is 6.07 Å². The molecule has 3 atom stereocenters. The monoisotopic (exact) mass is 316 g/mol. The van der Waals surface area contributed by atoms with Crippen LogP contribution in [-0.4, -0.2) is 29.4 Å². The highest BCUT2D eigenvalue weighted by Gasteiger charge is 2.28. The van der Waals surface area contributed by atoms with Crippen molar-refractivity contribution in [2.24, 2.45) is 11.8 Å². The molecule has 3 nitrogen and oxygen atoms in total. The number of carbonyl (C=O) groups is 1. The molecule has 1 saturated carbocycles. The van der Waals surface area contributed by atoms with Crippen molar-refractivity contribution in [2.75, 3.05) is 6.54 Å². The predicted molar refractivity (Wildman–Crippen MR) is 96.1 cm³/mol. The number of hydrogen-bond donors (Lipinski definition) is 1. The summed E-state index contributed by atoms with van der Waals surface area (Å²) >= 11 is 0. The van der Waals surface area contributed by atoms with Gasteiger partial charge in [-0.2, -0.15) is 0 Å². The SMILES string of the molecule is CC1CCCC(NC(=O)CN(Cc2ccccc2)C(C)C)C1C. The van der Waals surface area contributed by atoms with E-state index in [9.17, 15) is 4.79 Å². The summed E-state index contributed by atoms with van der Waals surface area (Å²) in [5.41, 5.74) is 1.26. The minimum atomic E-state index is 0.167. The fourth-order valence-electron chi connectivity index (χ4n) is 3.46. The molecule has 0 aliphatic heterocycles. The van der Waals surface area contributed by atoms with Gasteiger partial charge >= 0.3 is 0 Å².